The van der Waals surface area contributed by atoms with Crippen LogP contribution in [0, 0.1) is 17.8 Å². The van der Waals surface area contributed by atoms with Gasteiger partial charge in [0.25, 0.3) is 0 Å². The molecule has 2 saturated carbocycles. The molecule has 2 amide bonds. The second kappa shape index (κ2) is 6.05. The SMILES string of the molecule is CC(NC(=O)NC1C2CCC(C2)C1CO)c1nnc2ccccn12. The van der Waals surface area contributed by atoms with Gasteiger partial charge >= 0.3 is 6.03 Å². The summed E-state index contributed by atoms with van der Waals surface area (Å²) in [6.45, 7) is 2.05. The normalized spacial score (nSPS) is 29.8. The van der Waals surface area contributed by atoms with Crippen LogP contribution >= 0.6 is 0 Å². The first kappa shape index (κ1) is 15.4. The van der Waals surface area contributed by atoms with Gasteiger partial charge in [0.05, 0.1) is 6.04 Å². The van der Waals surface area contributed by atoms with Crippen LogP contribution in [0.5, 0.6) is 0 Å². The molecule has 3 N–H and O–H groups in total. The first-order valence-electron chi connectivity index (χ1n) is 8.65. The van der Waals surface area contributed by atoms with Crippen molar-refractivity contribution in [1.29, 1.82) is 0 Å². The van der Waals surface area contributed by atoms with Crippen molar-refractivity contribution in [2.24, 2.45) is 17.8 Å². The van der Waals surface area contributed by atoms with Crippen LogP contribution in [0.3, 0.4) is 0 Å². The molecular formula is C17H23N5O2. The molecule has 2 heterocycles. The molecule has 0 spiro atoms. The van der Waals surface area contributed by atoms with E-state index in [2.05, 4.69) is 20.8 Å². The first-order valence-corrected chi connectivity index (χ1v) is 8.65. The van der Waals surface area contributed by atoms with Crippen LogP contribution < -0.4 is 10.6 Å². The molecule has 7 nitrogen and oxygen atoms in total. The smallest absolute Gasteiger partial charge is 0.315 e. The Bertz CT molecular complexity index is 745. The molecule has 2 aromatic heterocycles. The summed E-state index contributed by atoms with van der Waals surface area (Å²) in [6, 6.07) is 5.32. The third kappa shape index (κ3) is 2.53. The van der Waals surface area contributed by atoms with Crippen LogP contribution in [0.4, 0.5) is 4.79 Å². The molecule has 5 unspecified atom stereocenters. The van der Waals surface area contributed by atoms with Crippen molar-refractivity contribution in [2.75, 3.05) is 6.61 Å². The summed E-state index contributed by atoms with van der Waals surface area (Å²) in [4.78, 5) is 12.4. The van der Waals surface area contributed by atoms with Gasteiger partial charge in [-0.05, 0) is 50.2 Å². The number of aliphatic hydroxyl groups excluding tert-OH is 1. The van der Waals surface area contributed by atoms with Crippen molar-refractivity contribution in [3.05, 3.63) is 30.2 Å². The second-order valence-electron chi connectivity index (χ2n) is 7.03. The van der Waals surface area contributed by atoms with Crippen LogP contribution in [-0.4, -0.2) is 38.4 Å². The van der Waals surface area contributed by atoms with Gasteiger partial charge in [-0.3, -0.25) is 4.40 Å². The van der Waals surface area contributed by atoms with E-state index in [1.165, 1.54) is 6.42 Å². The molecule has 0 radical (unpaired) electrons. The number of carbonyl (C=O) groups excluding carboxylic acids is 1. The average Bonchev–Trinajstić information content (AvgIpc) is 3.28. The molecule has 24 heavy (non-hydrogen) atoms. The predicted octanol–water partition coefficient (Wildman–Crippen LogP) is 1.50. The van der Waals surface area contributed by atoms with Gasteiger partial charge < -0.3 is 15.7 Å². The van der Waals surface area contributed by atoms with Crippen molar-refractivity contribution >= 4 is 11.7 Å². The van der Waals surface area contributed by atoms with E-state index in [4.69, 9.17) is 0 Å². The Labute approximate surface area is 140 Å². The fourth-order valence-electron chi connectivity index (χ4n) is 4.51. The Hall–Kier alpha value is -2.15. The van der Waals surface area contributed by atoms with Crippen LogP contribution in [0.15, 0.2) is 24.4 Å². The molecule has 7 heteroatoms. The molecule has 128 valence electrons. The van der Waals surface area contributed by atoms with Crippen LogP contribution in [-0.2, 0) is 0 Å². The highest BCUT2D eigenvalue weighted by Gasteiger charge is 2.47. The maximum Gasteiger partial charge on any atom is 0.315 e. The Kier molecular flexibility index (Phi) is 3.88. The molecule has 5 atom stereocenters. The van der Waals surface area contributed by atoms with Crippen LogP contribution in [0.2, 0.25) is 0 Å². The molecule has 0 aliphatic heterocycles. The molecular weight excluding hydrogens is 306 g/mol. The summed E-state index contributed by atoms with van der Waals surface area (Å²) in [7, 11) is 0. The minimum absolute atomic E-state index is 0.0797. The molecule has 2 bridgehead atoms. The number of aromatic nitrogens is 3. The van der Waals surface area contributed by atoms with Gasteiger partial charge in [-0.2, -0.15) is 0 Å². The zero-order chi connectivity index (χ0) is 16.7. The number of carbonyl (C=O) groups is 1. The van der Waals surface area contributed by atoms with E-state index in [-0.39, 0.29) is 30.6 Å². The zero-order valence-electron chi connectivity index (χ0n) is 13.7. The largest absolute Gasteiger partial charge is 0.396 e. The number of hydrogen-bond acceptors (Lipinski definition) is 4. The minimum atomic E-state index is -0.256. The summed E-state index contributed by atoms with van der Waals surface area (Å²) < 4.78 is 1.87. The Morgan fingerprint density at radius 3 is 3.04 bits per heavy atom. The van der Waals surface area contributed by atoms with E-state index in [0.29, 0.717) is 17.7 Å². The monoisotopic (exact) mass is 329 g/mol. The van der Waals surface area contributed by atoms with E-state index < -0.39 is 0 Å². The predicted molar refractivity (Wildman–Crippen MR) is 88.3 cm³/mol. The number of amides is 2. The van der Waals surface area contributed by atoms with Gasteiger partial charge in [-0.1, -0.05) is 6.07 Å². The number of hydrogen-bond donors (Lipinski definition) is 3. The highest BCUT2D eigenvalue weighted by molar-refractivity contribution is 5.74. The molecule has 2 fully saturated rings. The van der Waals surface area contributed by atoms with E-state index >= 15 is 0 Å². The van der Waals surface area contributed by atoms with Gasteiger partial charge in [0.15, 0.2) is 11.5 Å². The van der Waals surface area contributed by atoms with Gasteiger partial charge in [0.1, 0.15) is 0 Å². The number of fused-ring (bicyclic) bond motifs is 3. The lowest BCUT2D eigenvalue weighted by Gasteiger charge is -2.30. The summed E-state index contributed by atoms with van der Waals surface area (Å²) >= 11 is 0. The van der Waals surface area contributed by atoms with Gasteiger partial charge in [0.2, 0.25) is 0 Å². The summed E-state index contributed by atoms with van der Waals surface area (Å²) in [5, 5.41) is 24.0. The summed E-state index contributed by atoms with van der Waals surface area (Å²) in [5.74, 6) is 1.96. The van der Waals surface area contributed by atoms with Crippen molar-refractivity contribution in [3.63, 3.8) is 0 Å². The van der Waals surface area contributed by atoms with Crippen molar-refractivity contribution in [3.8, 4) is 0 Å². The number of rotatable bonds is 4. The molecule has 2 aliphatic carbocycles. The van der Waals surface area contributed by atoms with E-state index in [1.807, 2.05) is 35.7 Å². The number of aliphatic hydroxyl groups is 1. The molecule has 2 aliphatic rings. The van der Waals surface area contributed by atoms with E-state index in [9.17, 15) is 9.90 Å². The van der Waals surface area contributed by atoms with Crippen molar-refractivity contribution < 1.29 is 9.90 Å². The van der Waals surface area contributed by atoms with Crippen LogP contribution in [0.1, 0.15) is 38.1 Å². The number of pyridine rings is 1. The quantitative estimate of drug-likeness (QED) is 0.792. The second-order valence-corrected chi connectivity index (χ2v) is 7.03. The number of urea groups is 1. The Morgan fingerprint density at radius 2 is 2.21 bits per heavy atom. The van der Waals surface area contributed by atoms with Gasteiger partial charge in [0, 0.05) is 24.8 Å². The highest BCUT2D eigenvalue weighted by Crippen LogP contribution is 2.48. The molecule has 0 aromatic carbocycles. The van der Waals surface area contributed by atoms with Crippen LogP contribution in [0.25, 0.3) is 5.65 Å². The fraction of sp³-hybridized carbons (Fsp3) is 0.588. The highest BCUT2D eigenvalue weighted by atomic mass is 16.3. The average molecular weight is 329 g/mol. The third-order valence-corrected chi connectivity index (χ3v) is 5.67. The summed E-state index contributed by atoms with van der Waals surface area (Å²) in [5.41, 5.74) is 0.759. The van der Waals surface area contributed by atoms with Gasteiger partial charge in [-0.25, -0.2) is 4.79 Å². The Balaban J connectivity index is 1.42. The molecule has 4 rings (SSSR count). The number of nitrogens with one attached hydrogen (secondary N) is 2. The number of nitrogens with zero attached hydrogens (tertiary/aromatic N) is 3. The maximum absolute atomic E-state index is 12.4. The van der Waals surface area contributed by atoms with E-state index in [1.54, 1.807) is 0 Å². The molecule has 0 saturated heterocycles. The molecule has 2 aromatic rings. The maximum atomic E-state index is 12.4. The lowest BCUT2D eigenvalue weighted by atomic mass is 9.85. The standard InChI is InChI=1S/C17H23N5O2/c1-10(16-21-20-14-4-2-3-7-22(14)16)18-17(24)19-15-12-6-5-11(8-12)13(15)9-23/h2-4,7,10-13,15,23H,5-6,8-9H2,1H3,(H2,18,19,24). The summed E-state index contributed by atoms with van der Waals surface area (Å²) in [6.07, 6.45) is 5.34. The fourth-order valence-corrected chi connectivity index (χ4v) is 4.51. The van der Waals surface area contributed by atoms with Gasteiger partial charge in [-0.15, -0.1) is 10.2 Å². The lowest BCUT2D eigenvalue weighted by Crippen LogP contribution is -2.49. The van der Waals surface area contributed by atoms with Crippen molar-refractivity contribution in [1.82, 2.24) is 25.2 Å². The topological polar surface area (TPSA) is 91.5 Å². The van der Waals surface area contributed by atoms with Crippen molar-refractivity contribution in [2.45, 2.75) is 38.3 Å². The minimum Gasteiger partial charge on any atom is -0.396 e. The van der Waals surface area contributed by atoms with E-state index in [0.717, 1.165) is 18.5 Å². The Morgan fingerprint density at radius 1 is 1.38 bits per heavy atom. The zero-order valence-corrected chi connectivity index (χ0v) is 13.7. The lowest BCUT2D eigenvalue weighted by molar-refractivity contribution is 0.144. The third-order valence-electron chi connectivity index (χ3n) is 5.67. The first-order chi connectivity index (χ1) is 11.7.